The summed E-state index contributed by atoms with van der Waals surface area (Å²) in [5.41, 5.74) is 2.87. The molecule has 0 spiro atoms. The average molecular weight is 323 g/mol. The van der Waals surface area contributed by atoms with Crippen LogP contribution in [0.15, 0.2) is 42.9 Å². The zero-order chi connectivity index (χ0) is 16.4. The second-order valence-electron chi connectivity index (χ2n) is 6.22. The van der Waals surface area contributed by atoms with Gasteiger partial charge in [0.1, 0.15) is 5.82 Å². The van der Waals surface area contributed by atoms with E-state index in [9.17, 15) is 0 Å². The second-order valence-corrected chi connectivity index (χ2v) is 6.22. The van der Waals surface area contributed by atoms with Gasteiger partial charge in [-0.05, 0) is 49.9 Å². The van der Waals surface area contributed by atoms with Crippen LogP contribution < -0.4 is 5.32 Å². The van der Waals surface area contributed by atoms with Gasteiger partial charge in [-0.1, -0.05) is 0 Å². The molecule has 0 amide bonds. The molecule has 24 heavy (non-hydrogen) atoms. The van der Waals surface area contributed by atoms with Gasteiger partial charge >= 0.3 is 0 Å². The molecule has 0 atom stereocenters. The van der Waals surface area contributed by atoms with Gasteiger partial charge in [-0.15, -0.1) is 5.10 Å². The van der Waals surface area contributed by atoms with Gasteiger partial charge in [0.2, 0.25) is 0 Å². The number of fused-ring (bicyclic) bond motifs is 1. The Morgan fingerprint density at radius 3 is 2.62 bits per heavy atom. The third-order valence-corrected chi connectivity index (χ3v) is 4.70. The fourth-order valence-electron chi connectivity index (χ4n) is 3.32. The van der Waals surface area contributed by atoms with Crippen LogP contribution in [-0.2, 0) is 4.74 Å². The molecule has 6 heteroatoms. The van der Waals surface area contributed by atoms with Crippen LogP contribution in [0.5, 0.6) is 0 Å². The summed E-state index contributed by atoms with van der Waals surface area (Å²) in [6.07, 6.45) is 10.2. The van der Waals surface area contributed by atoms with Gasteiger partial charge < -0.3 is 10.1 Å². The molecule has 0 bridgehead atoms. The molecule has 0 aliphatic heterocycles. The van der Waals surface area contributed by atoms with E-state index in [2.05, 4.69) is 15.3 Å². The minimum Gasteiger partial charge on any atom is -0.381 e. The quantitative estimate of drug-likeness (QED) is 0.799. The van der Waals surface area contributed by atoms with Gasteiger partial charge in [-0.2, -0.15) is 0 Å². The normalized spacial score (nSPS) is 21.0. The highest BCUT2D eigenvalue weighted by atomic mass is 16.5. The highest BCUT2D eigenvalue weighted by Crippen LogP contribution is 2.24. The second kappa shape index (κ2) is 6.57. The Balaban J connectivity index is 1.57. The molecule has 3 aromatic heterocycles. The number of imidazole rings is 1. The Labute approximate surface area is 140 Å². The predicted molar refractivity (Wildman–Crippen MR) is 92.9 cm³/mol. The highest BCUT2D eigenvalue weighted by molar-refractivity contribution is 5.63. The van der Waals surface area contributed by atoms with E-state index in [1.54, 1.807) is 19.5 Å². The van der Waals surface area contributed by atoms with Crippen molar-refractivity contribution in [3.63, 3.8) is 0 Å². The predicted octanol–water partition coefficient (Wildman–Crippen LogP) is 3.16. The molecule has 1 saturated carbocycles. The topological polar surface area (TPSA) is 64.3 Å². The molecule has 1 fully saturated rings. The summed E-state index contributed by atoms with van der Waals surface area (Å²) in [6, 6.07) is 8.39. The average Bonchev–Trinajstić information content (AvgIpc) is 3.06. The maximum absolute atomic E-state index is 5.44. The molecule has 0 aromatic carbocycles. The zero-order valence-corrected chi connectivity index (χ0v) is 13.7. The lowest BCUT2D eigenvalue weighted by atomic mass is 9.93. The van der Waals surface area contributed by atoms with Crippen LogP contribution in [0, 0.1) is 0 Å². The summed E-state index contributed by atoms with van der Waals surface area (Å²) >= 11 is 0. The van der Waals surface area contributed by atoms with Crippen LogP contribution in [0.4, 0.5) is 5.82 Å². The van der Waals surface area contributed by atoms with E-state index in [1.165, 1.54) is 0 Å². The van der Waals surface area contributed by atoms with Crippen LogP contribution in [0.25, 0.3) is 16.9 Å². The Morgan fingerprint density at radius 2 is 1.88 bits per heavy atom. The van der Waals surface area contributed by atoms with Crippen molar-refractivity contribution in [1.82, 2.24) is 19.6 Å². The number of rotatable bonds is 4. The summed E-state index contributed by atoms with van der Waals surface area (Å²) in [5.74, 6) is 0.886. The first-order valence-corrected chi connectivity index (χ1v) is 8.38. The van der Waals surface area contributed by atoms with Gasteiger partial charge in [0, 0.05) is 31.1 Å². The number of hydrogen-bond acceptors (Lipinski definition) is 5. The Hall–Kier alpha value is -2.47. The number of nitrogens with one attached hydrogen (secondary N) is 1. The fraction of sp³-hybridized carbons (Fsp3) is 0.389. The molecular weight excluding hydrogens is 302 g/mol. The third kappa shape index (κ3) is 2.97. The molecule has 1 N–H and O–H groups in total. The van der Waals surface area contributed by atoms with Crippen molar-refractivity contribution in [3.05, 3.63) is 42.9 Å². The molecule has 0 saturated heterocycles. The van der Waals surface area contributed by atoms with Gasteiger partial charge in [-0.25, -0.2) is 9.50 Å². The minimum atomic E-state index is 0.408. The van der Waals surface area contributed by atoms with Crippen molar-refractivity contribution >= 4 is 11.5 Å². The monoisotopic (exact) mass is 323 g/mol. The summed E-state index contributed by atoms with van der Waals surface area (Å²) in [7, 11) is 1.80. The van der Waals surface area contributed by atoms with Gasteiger partial charge in [0.05, 0.1) is 18.0 Å². The molecular formula is C18H21N5O. The molecule has 3 heterocycles. The fourth-order valence-corrected chi connectivity index (χ4v) is 3.32. The van der Waals surface area contributed by atoms with Crippen LogP contribution in [0.1, 0.15) is 25.7 Å². The first-order chi connectivity index (χ1) is 11.8. The molecule has 1 aliphatic carbocycles. The molecule has 0 unspecified atom stereocenters. The maximum Gasteiger partial charge on any atom is 0.154 e. The highest BCUT2D eigenvalue weighted by Gasteiger charge is 2.21. The van der Waals surface area contributed by atoms with Crippen LogP contribution in [-0.4, -0.2) is 38.8 Å². The van der Waals surface area contributed by atoms with Crippen LogP contribution >= 0.6 is 0 Å². The minimum absolute atomic E-state index is 0.408. The van der Waals surface area contributed by atoms with Crippen molar-refractivity contribution in [3.8, 4) is 11.3 Å². The van der Waals surface area contributed by atoms with E-state index < -0.39 is 0 Å². The molecule has 4 rings (SSSR count). The van der Waals surface area contributed by atoms with E-state index >= 15 is 0 Å². The standard InChI is InChI=1S/C18H21N5O/c1-24-15-4-2-14(3-5-15)21-17-6-7-18-20-12-16(23(18)22-17)13-8-10-19-11-9-13/h6-12,14-15H,2-5H2,1H3,(H,21,22)/t14-,15-. The van der Waals surface area contributed by atoms with Crippen molar-refractivity contribution in [2.45, 2.75) is 37.8 Å². The van der Waals surface area contributed by atoms with E-state index in [1.807, 2.05) is 35.0 Å². The van der Waals surface area contributed by atoms with E-state index in [0.29, 0.717) is 12.1 Å². The van der Waals surface area contributed by atoms with E-state index in [-0.39, 0.29) is 0 Å². The lowest BCUT2D eigenvalue weighted by Gasteiger charge is -2.28. The number of aromatic nitrogens is 4. The lowest BCUT2D eigenvalue weighted by molar-refractivity contribution is 0.0681. The Bertz CT molecular complexity index is 809. The first kappa shape index (κ1) is 15.1. The Morgan fingerprint density at radius 1 is 1.08 bits per heavy atom. The molecule has 0 radical (unpaired) electrons. The van der Waals surface area contributed by atoms with E-state index in [4.69, 9.17) is 9.84 Å². The number of anilines is 1. The van der Waals surface area contributed by atoms with Crippen molar-refractivity contribution < 1.29 is 4.74 Å². The van der Waals surface area contributed by atoms with Gasteiger partial charge in [0.15, 0.2) is 5.65 Å². The van der Waals surface area contributed by atoms with Gasteiger partial charge in [-0.3, -0.25) is 4.98 Å². The van der Waals surface area contributed by atoms with Gasteiger partial charge in [0.25, 0.3) is 0 Å². The first-order valence-electron chi connectivity index (χ1n) is 8.38. The maximum atomic E-state index is 5.44. The van der Waals surface area contributed by atoms with Crippen LogP contribution in [0.2, 0.25) is 0 Å². The van der Waals surface area contributed by atoms with E-state index in [0.717, 1.165) is 48.4 Å². The Kier molecular flexibility index (Phi) is 4.13. The van der Waals surface area contributed by atoms with Crippen molar-refractivity contribution in [1.29, 1.82) is 0 Å². The summed E-state index contributed by atoms with van der Waals surface area (Å²) < 4.78 is 7.33. The molecule has 3 aromatic rings. The molecule has 1 aliphatic rings. The molecule has 124 valence electrons. The number of methoxy groups -OCH3 is 1. The van der Waals surface area contributed by atoms with Crippen molar-refractivity contribution in [2.24, 2.45) is 0 Å². The molecule has 6 nitrogen and oxygen atoms in total. The summed E-state index contributed by atoms with van der Waals surface area (Å²) in [5, 5.41) is 8.29. The SMILES string of the molecule is CO[C@H]1CC[C@H](Nc2ccc3ncc(-c4ccncc4)n3n2)CC1. The van der Waals surface area contributed by atoms with Crippen LogP contribution in [0.3, 0.4) is 0 Å². The number of ether oxygens (including phenoxy) is 1. The number of hydrogen-bond donors (Lipinski definition) is 1. The largest absolute Gasteiger partial charge is 0.381 e. The summed E-state index contributed by atoms with van der Waals surface area (Å²) in [4.78, 5) is 8.51. The summed E-state index contributed by atoms with van der Waals surface area (Å²) in [6.45, 7) is 0. The number of pyridine rings is 1. The number of nitrogens with zero attached hydrogens (tertiary/aromatic N) is 4. The smallest absolute Gasteiger partial charge is 0.154 e. The third-order valence-electron chi connectivity index (χ3n) is 4.70. The lowest BCUT2D eigenvalue weighted by Crippen LogP contribution is -2.29. The van der Waals surface area contributed by atoms with Crippen molar-refractivity contribution in [2.75, 3.05) is 12.4 Å². The zero-order valence-electron chi connectivity index (χ0n) is 13.7.